The van der Waals surface area contributed by atoms with Gasteiger partial charge < -0.3 is 4.74 Å². The van der Waals surface area contributed by atoms with E-state index in [1.807, 2.05) is 0 Å². The number of aromatic nitrogens is 2. The first-order chi connectivity index (χ1) is 11.0. The summed E-state index contributed by atoms with van der Waals surface area (Å²) in [5, 5.41) is 7.34. The maximum atomic E-state index is 12.5. The van der Waals surface area contributed by atoms with Crippen LogP contribution < -0.4 is 4.72 Å². The lowest BCUT2D eigenvalue weighted by Gasteiger charge is -2.09. The van der Waals surface area contributed by atoms with Crippen molar-refractivity contribution in [1.29, 1.82) is 0 Å². The van der Waals surface area contributed by atoms with E-state index in [2.05, 4.69) is 19.7 Å². The van der Waals surface area contributed by atoms with Gasteiger partial charge in [0.1, 0.15) is 0 Å². The number of hydrogen-bond acceptors (Lipinski definition) is 5. The normalized spacial score (nSPS) is 11.3. The lowest BCUT2D eigenvalue weighted by molar-refractivity contribution is 0.0600. The second-order valence-electron chi connectivity index (χ2n) is 4.76. The number of H-pyrrole nitrogens is 1. The monoisotopic (exact) mass is 331 g/mol. The minimum Gasteiger partial charge on any atom is -0.465 e. The van der Waals surface area contributed by atoms with Crippen LogP contribution in [-0.4, -0.2) is 31.7 Å². The molecule has 3 aromatic rings. The quantitative estimate of drug-likeness (QED) is 0.713. The number of esters is 1. The highest BCUT2D eigenvalue weighted by atomic mass is 32.2. The second kappa shape index (κ2) is 5.73. The van der Waals surface area contributed by atoms with Gasteiger partial charge >= 0.3 is 5.97 Å². The molecule has 0 amide bonds. The molecule has 2 aromatic carbocycles. The molecular weight excluding hydrogens is 318 g/mol. The summed E-state index contributed by atoms with van der Waals surface area (Å²) in [7, 11) is -2.51. The third-order valence-electron chi connectivity index (χ3n) is 3.31. The Bertz CT molecular complexity index is 962. The molecule has 23 heavy (non-hydrogen) atoms. The maximum absolute atomic E-state index is 12.5. The average Bonchev–Trinajstić information content (AvgIpc) is 3.04. The van der Waals surface area contributed by atoms with Crippen LogP contribution in [0.2, 0.25) is 0 Å². The van der Waals surface area contributed by atoms with Gasteiger partial charge in [-0.2, -0.15) is 5.10 Å². The van der Waals surface area contributed by atoms with E-state index in [0.717, 1.165) is 5.52 Å². The first kappa shape index (κ1) is 15.0. The Morgan fingerprint density at radius 1 is 1.17 bits per heavy atom. The molecule has 1 aromatic heterocycles. The number of fused-ring (bicyclic) bond motifs is 1. The van der Waals surface area contributed by atoms with Gasteiger partial charge in [-0.05, 0) is 36.4 Å². The minimum absolute atomic E-state index is 0.0469. The second-order valence-corrected chi connectivity index (χ2v) is 6.44. The highest BCUT2D eigenvalue weighted by Gasteiger charge is 2.17. The van der Waals surface area contributed by atoms with E-state index in [0.29, 0.717) is 11.1 Å². The van der Waals surface area contributed by atoms with Gasteiger partial charge in [-0.3, -0.25) is 9.82 Å². The Morgan fingerprint density at radius 3 is 2.61 bits per heavy atom. The zero-order valence-electron chi connectivity index (χ0n) is 12.1. The van der Waals surface area contributed by atoms with Crippen molar-refractivity contribution >= 4 is 32.6 Å². The minimum atomic E-state index is -3.78. The summed E-state index contributed by atoms with van der Waals surface area (Å²) in [6, 6.07) is 10.7. The number of nitrogens with zero attached hydrogens (tertiary/aromatic N) is 1. The molecule has 0 saturated carbocycles. The average molecular weight is 331 g/mol. The first-order valence-electron chi connectivity index (χ1n) is 6.64. The number of rotatable bonds is 4. The molecule has 0 aliphatic carbocycles. The number of hydrogen-bond donors (Lipinski definition) is 2. The van der Waals surface area contributed by atoms with Crippen LogP contribution in [0.1, 0.15) is 10.4 Å². The van der Waals surface area contributed by atoms with E-state index in [4.69, 9.17) is 0 Å². The van der Waals surface area contributed by atoms with Crippen LogP contribution in [0.5, 0.6) is 0 Å². The highest BCUT2D eigenvalue weighted by molar-refractivity contribution is 7.92. The fraction of sp³-hybridized carbons (Fsp3) is 0.0667. The van der Waals surface area contributed by atoms with Gasteiger partial charge in [0.25, 0.3) is 10.0 Å². The van der Waals surface area contributed by atoms with E-state index < -0.39 is 16.0 Å². The van der Waals surface area contributed by atoms with Crippen LogP contribution in [0, 0.1) is 0 Å². The fourth-order valence-corrected chi connectivity index (χ4v) is 3.23. The molecule has 2 N–H and O–H groups in total. The maximum Gasteiger partial charge on any atom is 0.337 e. The van der Waals surface area contributed by atoms with Gasteiger partial charge in [-0.25, -0.2) is 13.2 Å². The number of carbonyl (C=O) groups excluding carboxylic acids is 1. The van der Waals surface area contributed by atoms with Crippen LogP contribution in [0.25, 0.3) is 10.9 Å². The van der Waals surface area contributed by atoms with E-state index in [1.54, 1.807) is 24.4 Å². The number of sulfonamides is 1. The van der Waals surface area contributed by atoms with Crippen LogP contribution in [0.3, 0.4) is 0 Å². The SMILES string of the molecule is COC(=O)c1ccc(S(=O)(=O)Nc2cccc3[nH]ncc23)cc1. The van der Waals surface area contributed by atoms with Crippen LogP contribution >= 0.6 is 0 Å². The number of benzene rings is 2. The van der Waals surface area contributed by atoms with Gasteiger partial charge in [-0.15, -0.1) is 0 Å². The number of aromatic amines is 1. The molecule has 0 aliphatic heterocycles. The van der Waals surface area contributed by atoms with Crippen LogP contribution in [-0.2, 0) is 14.8 Å². The Morgan fingerprint density at radius 2 is 1.91 bits per heavy atom. The molecule has 0 fully saturated rings. The van der Waals surface area contributed by atoms with Gasteiger partial charge in [-0.1, -0.05) is 6.07 Å². The zero-order chi connectivity index (χ0) is 16.4. The molecular formula is C15H13N3O4S. The number of anilines is 1. The van der Waals surface area contributed by atoms with E-state index in [1.165, 1.54) is 31.4 Å². The molecule has 0 bridgehead atoms. The summed E-state index contributed by atoms with van der Waals surface area (Å²) < 4.78 is 32.0. The van der Waals surface area contributed by atoms with Crippen molar-refractivity contribution < 1.29 is 17.9 Å². The predicted octanol–water partition coefficient (Wildman–Crippen LogP) is 2.15. The summed E-state index contributed by atoms with van der Waals surface area (Å²) in [5.41, 5.74) is 1.43. The molecule has 8 heteroatoms. The molecule has 0 spiro atoms. The summed E-state index contributed by atoms with van der Waals surface area (Å²) >= 11 is 0. The fourth-order valence-electron chi connectivity index (χ4n) is 2.15. The number of carbonyl (C=O) groups is 1. The number of ether oxygens (including phenoxy) is 1. The smallest absolute Gasteiger partial charge is 0.337 e. The summed E-state index contributed by atoms with van der Waals surface area (Å²) in [6.07, 6.45) is 1.55. The van der Waals surface area contributed by atoms with Crippen molar-refractivity contribution in [3.63, 3.8) is 0 Å². The Labute approximate surface area is 132 Å². The predicted molar refractivity (Wildman–Crippen MR) is 84.7 cm³/mol. The van der Waals surface area contributed by atoms with Crippen molar-refractivity contribution in [2.24, 2.45) is 0 Å². The molecule has 0 saturated heterocycles. The van der Waals surface area contributed by atoms with E-state index in [-0.39, 0.29) is 10.5 Å². The molecule has 118 valence electrons. The standard InChI is InChI=1S/C15H13N3O4S/c1-22-15(19)10-5-7-11(8-6-10)23(20,21)18-14-4-2-3-13-12(14)9-16-17-13/h2-9,18H,1H3,(H,16,17). The topological polar surface area (TPSA) is 101 Å². The lowest BCUT2D eigenvalue weighted by atomic mass is 10.2. The van der Waals surface area contributed by atoms with Gasteiger partial charge in [0.15, 0.2) is 0 Å². The van der Waals surface area contributed by atoms with Gasteiger partial charge in [0.2, 0.25) is 0 Å². The molecule has 0 aliphatic rings. The highest BCUT2D eigenvalue weighted by Crippen LogP contribution is 2.24. The summed E-state index contributed by atoms with van der Waals surface area (Å²) in [4.78, 5) is 11.4. The molecule has 0 atom stereocenters. The van der Waals surface area contributed by atoms with Crippen molar-refractivity contribution in [3.8, 4) is 0 Å². The van der Waals surface area contributed by atoms with Crippen LogP contribution in [0.15, 0.2) is 53.6 Å². The summed E-state index contributed by atoms with van der Waals surface area (Å²) in [6.45, 7) is 0. The molecule has 3 rings (SSSR count). The molecule has 7 nitrogen and oxygen atoms in total. The molecule has 0 radical (unpaired) electrons. The zero-order valence-corrected chi connectivity index (χ0v) is 12.9. The van der Waals surface area contributed by atoms with Crippen LogP contribution in [0.4, 0.5) is 5.69 Å². The van der Waals surface area contributed by atoms with E-state index >= 15 is 0 Å². The largest absolute Gasteiger partial charge is 0.465 e. The Hall–Kier alpha value is -2.87. The molecule has 0 unspecified atom stereocenters. The van der Waals surface area contributed by atoms with Crippen molar-refractivity contribution in [1.82, 2.24) is 10.2 Å². The van der Waals surface area contributed by atoms with Crippen molar-refractivity contribution in [2.75, 3.05) is 11.8 Å². The van der Waals surface area contributed by atoms with Crippen molar-refractivity contribution in [3.05, 3.63) is 54.2 Å². The lowest BCUT2D eigenvalue weighted by Crippen LogP contribution is -2.13. The first-order valence-corrected chi connectivity index (χ1v) is 8.13. The van der Waals surface area contributed by atoms with Gasteiger partial charge in [0.05, 0.1) is 35.0 Å². The summed E-state index contributed by atoms with van der Waals surface area (Å²) in [5.74, 6) is -0.523. The third kappa shape index (κ3) is 2.88. The van der Waals surface area contributed by atoms with Crippen molar-refractivity contribution in [2.45, 2.75) is 4.90 Å². The third-order valence-corrected chi connectivity index (χ3v) is 4.70. The Balaban J connectivity index is 1.93. The Kier molecular flexibility index (Phi) is 3.75. The number of methoxy groups -OCH3 is 1. The van der Waals surface area contributed by atoms with E-state index in [9.17, 15) is 13.2 Å². The van der Waals surface area contributed by atoms with Gasteiger partial charge in [0, 0.05) is 5.39 Å². The molecule has 1 heterocycles. The number of nitrogens with one attached hydrogen (secondary N) is 2.